The fourth-order valence-electron chi connectivity index (χ4n) is 6.59. The number of H-pyrrole nitrogens is 1. The number of carboxylic acids is 1. The predicted molar refractivity (Wildman–Crippen MR) is 478 cm³/mol. The summed E-state index contributed by atoms with van der Waals surface area (Å²) in [6.07, 6.45) is 6.94. The highest BCUT2D eigenvalue weighted by Crippen LogP contribution is 2.30. The predicted octanol–water partition coefficient (Wildman–Crippen LogP) is 22.3. The molecule has 0 atom stereocenters. The number of nitrogen functional groups attached to an aromatic ring is 6. The van der Waals surface area contributed by atoms with Crippen LogP contribution in [0.4, 0.5) is 38.5 Å². The highest BCUT2D eigenvalue weighted by atomic mass is 127. The van der Waals surface area contributed by atoms with E-state index in [2.05, 4.69) is 127 Å². The number of rotatable bonds is 7. The van der Waals surface area contributed by atoms with Crippen molar-refractivity contribution in [2.45, 2.75) is 87.7 Å². The second kappa shape index (κ2) is 53.7. The Labute approximate surface area is 708 Å². The van der Waals surface area contributed by atoms with Crippen LogP contribution in [0, 0.1) is 34.1 Å². The first kappa shape index (κ1) is 103. The Morgan fingerprint density at radius 2 is 0.798 bits per heavy atom. The SMILES string of the molecule is C#C[Si](C)(C)C.CC(=O)Cl.CC(=O)c1cc(C#C[Si](C)(C)C)c(N)cc1Cl.CC(=O)c1cc(I)c(N)cc1Cl.CC(=O)c1cc(I)c(N)cc1Cl.CC(=O)c1cc2cc[nH]c2cc1Cl.CC(=O)c1ccc(N)c(I)c1Cl.CC(=O)c1ccc(N)cc1Cl.CO.ClI.Nc1ccc(C(=O)O)c(Cl)c1.[2H]CF. The molecule has 0 amide bonds. The molecule has 0 saturated carbocycles. The number of nitrogens with two attached hydrogens (primary N) is 6. The molecule has 33 heteroatoms. The van der Waals surface area contributed by atoms with Gasteiger partial charge in [-0.2, -0.15) is 0 Å². The molecule has 0 aliphatic heterocycles. The summed E-state index contributed by atoms with van der Waals surface area (Å²) in [4.78, 5) is 89.0. The van der Waals surface area contributed by atoms with Crippen molar-refractivity contribution in [1.82, 2.24) is 4.98 Å². The largest absolute Gasteiger partial charge is 0.478 e. The van der Waals surface area contributed by atoms with Crippen molar-refractivity contribution in [2.24, 2.45) is 0 Å². The number of halogens is 14. The summed E-state index contributed by atoms with van der Waals surface area (Å²) in [6, 6.07) is 27.8. The van der Waals surface area contributed by atoms with Crippen LogP contribution in [0.15, 0.2) is 109 Å². The molecular weight excluding hydrogens is 2010 g/mol. The Kier molecular flexibility index (Phi) is 53.3. The molecule has 7 aromatic carbocycles. The van der Waals surface area contributed by atoms with Crippen LogP contribution in [0.25, 0.3) is 10.9 Å². The Balaban J connectivity index is -0.000000548. The maximum Gasteiger partial charge on any atom is 0.337 e. The monoisotopic (exact) mass is 2090 g/mol. The Hall–Kier alpha value is -4.99. The van der Waals surface area contributed by atoms with Gasteiger partial charge in [-0.1, -0.05) is 126 Å². The lowest BCUT2D eigenvalue weighted by Gasteiger charge is -2.06. The van der Waals surface area contributed by atoms with Crippen molar-refractivity contribution >= 4 is 298 Å². The van der Waals surface area contributed by atoms with E-state index < -0.39 is 29.3 Å². The van der Waals surface area contributed by atoms with Gasteiger partial charge in [-0.25, -0.2) is 4.79 Å². The van der Waals surface area contributed by atoms with Crippen molar-refractivity contribution in [2.75, 3.05) is 48.7 Å². The second-order valence-electron chi connectivity index (χ2n) is 22.3. The number of aromatic amines is 1. The summed E-state index contributed by atoms with van der Waals surface area (Å²) in [7, 11) is 2.05. The number of alkyl halides is 1. The highest BCUT2D eigenvalue weighted by Gasteiger charge is 2.15. The molecular formula is C71H79Cl9FI4N7O10Si2. The number of aliphatic hydroxyl groups excluding tert-OH is 1. The molecule has 0 bridgehead atoms. The number of hydrogen-bond acceptors (Lipinski definition) is 15. The first-order chi connectivity index (χ1) is 48.4. The van der Waals surface area contributed by atoms with E-state index in [1.165, 1.54) is 66.7 Å². The number of carboxylic acid groups (broad SMARTS) is 1. The van der Waals surface area contributed by atoms with Gasteiger partial charge in [0.25, 0.3) is 0 Å². The Morgan fingerprint density at radius 3 is 1.13 bits per heavy atom. The molecule has 0 aliphatic rings. The average Bonchev–Trinajstić information content (AvgIpc) is 1.53. The summed E-state index contributed by atoms with van der Waals surface area (Å²) in [5.74, 6) is 1.74. The zero-order chi connectivity index (χ0) is 82.9. The molecule has 0 spiro atoms. The number of anilines is 6. The van der Waals surface area contributed by atoms with E-state index in [0.29, 0.717) is 103 Å². The minimum atomic E-state index is -1.46. The van der Waals surface area contributed by atoms with E-state index >= 15 is 0 Å². The van der Waals surface area contributed by atoms with Crippen molar-refractivity contribution < 1.29 is 54.3 Å². The topological polar surface area (TPSA) is 349 Å². The van der Waals surface area contributed by atoms with Crippen LogP contribution in [-0.4, -0.2) is 91.5 Å². The van der Waals surface area contributed by atoms with Crippen LogP contribution < -0.4 is 34.4 Å². The molecule has 0 saturated heterocycles. The van der Waals surface area contributed by atoms with E-state index in [4.69, 9.17) is 134 Å². The summed E-state index contributed by atoms with van der Waals surface area (Å²) < 4.78 is 17.9. The third kappa shape index (κ3) is 42.5. The quantitative estimate of drug-likeness (QED) is 0.0179. The summed E-state index contributed by atoms with van der Waals surface area (Å²) >= 11 is 53.0. The van der Waals surface area contributed by atoms with Crippen LogP contribution >= 0.6 is 191 Å². The zero-order valence-electron chi connectivity index (χ0n) is 59.6. The molecule has 0 fully saturated rings. The number of hydrogen-bond donors (Lipinski definition) is 9. The lowest BCUT2D eigenvalue weighted by molar-refractivity contribution is -0.109. The smallest absolute Gasteiger partial charge is 0.337 e. The van der Waals surface area contributed by atoms with Crippen LogP contribution in [0.5, 0.6) is 0 Å². The zero-order valence-corrected chi connectivity index (χ0v) is 76.0. The lowest BCUT2D eigenvalue weighted by atomic mass is 10.1. The molecule has 17 nitrogen and oxygen atoms in total. The van der Waals surface area contributed by atoms with Crippen molar-refractivity contribution in [1.29, 1.82) is 0 Å². The lowest BCUT2D eigenvalue weighted by Crippen LogP contribution is -2.16. The normalized spacial score (nSPS) is 9.67. The fourth-order valence-corrected chi connectivity index (χ4v) is 10.6. The number of aliphatic hydroxyl groups is 1. The van der Waals surface area contributed by atoms with Gasteiger partial charge in [0.15, 0.2) is 34.7 Å². The molecule has 8 aromatic rings. The van der Waals surface area contributed by atoms with E-state index in [0.717, 1.165) is 28.7 Å². The number of benzene rings is 7. The van der Waals surface area contributed by atoms with Crippen molar-refractivity contribution in [3.63, 3.8) is 0 Å². The van der Waals surface area contributed by atoms with Crippen LogP contribution in [-0.2, 0) is 4.79 Å². The van der Waals surface area contributed by atoms with E-state index in [1.54, 1.807) is 100 Å². The van der Waals surface area contributed by atoms with Crippen LogP contribution in [0.3, 0.4) is 0 Å². The Bertz CT molecular complexity index is 4270. The minimum Gasteiger partial charge on any atom is -0.478 e. The molecule has 1 heterocycles. The van der Waals surface area contributed by atoms with Gasteiger partial charge in [0, 0.05) is 133 Å². The molecule has 104 heavy (non-hydrogen) atoms. The molecule has 8 rings (SSSR count). The number of carbonyl (C=O) groups is 8. The highest BCUT2D eigenvalue weighted by molar-refractivity contribution is 14.1. The number of ketones is 6. The fraction of sp³-hybridized carbons (Fsp3) is 0.211. The number of carbonyl (C=O) groups excluding carboxylic acids is 7. The third-order valence-electron chi connectivity index (χ3n) is 11.6. The molecule has 0 aliphatic carbocycles. The first-order valence-corrected chi connectivity index (χ1v) is 45.0. The second-order valence-corrected chi connectivity index (χ2v) is 38.6. The van der Waals surface area contributed by atoms with Crippen LogP contribution in [0.2, 0.25) is 74.4 Å². The van der Waals surface area contributed by atoms with E-state index in [-0.39, 0.29) is 50.5 Å². The summed E-state index contributed by atoms with van der Waals surface area (Å²) in [5, 5.41) is 18.9. The van der Waals surface area contributed by atoms with Gasteiger partial charge < -0.3 is 49.6 Å². The van der Waals surface area contributed by atoms with Gasteiger partial charge in [0.05, 0.1) is 52.8 Å². The Morgan fingerprint density at radius 1 is 0.481 bits per heavy atom. The van der Waals surface area contributed by atoms with Gasteiger partial charge in [0.1, 0.15) is 16.1 Å². The third-order valence-corrected chi connectivity index (χ3v) is 18.9. The van der Waals surface area contributed by atoms with Gasteiger partial charge >= 0.3 is 5.97 Å². The summed E-state index contributed by atoms with van der Waals surface area (Å²) in [5.41, 5.74) is 47.5. The number of aromatic nitrogens is 1. The molecule has 15 N–H and O–H groups in total. The number of aromatic carboxylic acids is 1. The van der Waals surface area contributed by atoms with Gasteiger partial charge in [0.2, 0.25) is 5.24 Å². The van der Waals surface area contributed by atoms with Gasteiger partial charge in [-0.15, -0.1) is 17.5 Å². The molecule has 0 unspecified atom stereocenters. The van der Waals surface area contributed by atoms with Gasteiger partial charge in [-0.05, 0) is 233 Å². The van der Waals surface area contributed by atoms with Gasteiger partial charge in [-0.3, -0.25) is 38.0 Å². The molecule has 1 aromatic heterocycles. The number of nitrogens with one attached hydrogen (secondary N) is 1. The average molecular weight is 2090 g/mol. The van der Waals surface area contributed by atoms with Crippen molar-refractivity contribution in [3.05, 3.63) is 200 Å². The van der Waals surface area contributed by atoms with E-state index in [9.17, 15) is 42.7 Å². The number of terminal acetylenes is 1. The van der Waals surface area contributed by atoms with Crippen molar-refractivity contribution in [3.8, 4) is 23.4 Å². The van der Waals surface area contributed by atoms with Crippen LogP contribution in [0.1, 0.15) is 128 Å². The maximum absolute atomic E-state index is 11.4. The molecule has 564 valence electrons. The molecule has 0 radical (unpaired) electrons. The standard InChI is InChI=1S/C13H16ClNOSi.C10H8ClNO.3C8H7ClINO.C8H8ClNO.C7H6ClNO2.C5H10Si.C2H3ClO.CH3F.CH4O.ClI/c1-9(16)11-7-10(5-6-17(2,3)4)13(15)8-12(11)14;1-6(13)8-4-7-2-3-12-10(7)5-9(8)11;2*1-4(12)5-2-7(10)8(11)3-6(5)9;1-4(12)5-2-3-6(11)8(10)7(5)9;1-5(11)7-3-2-6(10)4-8(7)9;8-6-3-4(9)1-2-5(6)7(10)11;1-5-6(2,3)4;1-2(3)4;3*1-2/h7-8H,15H2,1-4H3;2-5,12H,1H3;3*2-3H,11H2,1H3;2-4H,10H2,1H3;1-3H,9H2,(H,10,11);1H,2-4H3;1H3;1H3;2H,1H3;/i;;;;;;;;;1D;;. The minimum absolute atomic E-state index is 0.00639. The number of fused-ring (bicyclic) bond motifs is 1. The summed E-state index contributed by atoms with van der Waals surface area (Å²) in [6.45, 7) is 23.1. The first-order valence-electron chi connectivity index (χ1n) is 29.7. The maximum atomic E-state index is 11.4. The number of Topliss-reactive ketones (excluding diaryl/α,β-unsaturated/α-hetero) is 6. The van der Waals surface area contributed by atoms with E-state index in [1.807, 2.05) is 34.9 Å².